The van der Waals surface area contributed by atoms with Crippen LogP contribution in [-0.4, -0.2) is 4.98 Å². The minimum absolute atomic E-state index is 0.253. The molecular weight excluding hydrogens is 293 g/mol. The highest BCUT2D eigenvalue weighted by molar-refractivity contribution is 7.18. The molecule has 102 valence electrons. The number of nitrogens with zero attached hydrogens (tertiary/aromatic N) is 1. The summed E-state index contributed by atoms with van der Waals surface area (Å²) >= 11 is 7.98. The molecule has 0 saturated carbocycles. The fraction of sp³-hybridized carbons (Fsp3) is 0.188. The molecule has 1 atom stereocenters. The van der Waals surface area contributed by atoms with Crippen molar-refractivity contribution in [1.29, 1.82) is 0 Å². The van der Waals surface area contributed by atoms with E-state index in [1.54, 1.807) is 23.5 Å². The fourth-order valence-corrected chi connectivity index (χ4v) is 3.59. The van der Waals surface area contributed by atoms with Gasteiger partial charge in [0.25, 0.3) is 0 Å². The van der Waals surface area contributed by atoms with E-state index in [0.29, 0.717) is 12.0 Å². The van der Waals surface area contributed by atoms with E-state index in [-0.39, 0.29) is 5.82 Å². The normalized spacial score (nSPS) is 12.8. The molecule has 2 aromatic carbocycles. The molecule has 1 unspecified atom stereocenters. The number of hydrogen-bond acceptors (Lipinski definition) is 2. The molecule has 1 nitrogen and oxygen atoms in total. The lowest BCUT2D eigenvalue weighted by Crippen LogP contribution is -1.99. The smallest absolute Gasteiger partial charge is 0.127 e. The maximum absolute atomic E-state index is 13.8. The number of rotatable bonds is 3. The summed E-state index contributed by atoms with van der Waals surface area (Å²) in [4.78, 5) is 4.54. The highest BCUT2D eigenvalue weighted by Crippen LogP contribution is 2.31. The molecular formula is C16H13ClFNS. The molecule has 0 bridgehead atoms. The van der Waals surface area contributed by atoms with Gasteiger partial charge in [0.05, 0.1) is 20.6 Å². The lowest BCUT2D eigenvalue weighted by Gasteiger charge is -2.10. The van der Waals surface area contributed by atoms with Crippen molar-refractivity contribution in [3.63, 3.8) is 0 Å². The van der Waals surface area contributed by atoms with Crippen LogP contribution in [0.4, 0.5) is 4.39 Å². The Balaban J connectivity index is 1.88. The van der Waals surface area contributed by atoms with E-state index in [1.807, 2.05) is 31.2 Å². The van der Waals surface area contributed by atoms with Gasteiger partial charge in [-0.15, -0.1) is 22.9 Å². The van der Waals surface area contributed by atoms with Crippen molar-refractivity contribution in [3.05, 3.63) is 64.4 Å². The van der Waals surface area contributed by atoms with Crippen molar-refractivity contribution in [2.75, 3.05) is 0 Å². The van der Waals surface area contributed by atoms with Crippen LogP contribution in [0.1, 0.15) is 21.5 Å². The maximum atomic E-state index is 13.8. The van der Waals surface area contributed by atoms with Gasteiger partial charge in [-0.2, -0.15) is 0 Å². The van der Waals surface area contributed by atoms with Crippen LogP contribution in [0.15, 0.2) is 42.5 Å². The Morgan fingerprint density at radius 2 is 2.05 bits per heavy atom. The zero-order valence-corrected chi connectivity index (χ0v) is 12.5. The number of alkyl halides is 1. The Kier molecular flexibility index (Phi) is 3.72. The summed E-state index contributed by atoms with van der Waals surface area (Å²) < 4.78 is 15.0. The van der Waals surface area contributed by atoms with Crippen LogP contribution in [0.2, 0.25) is 0 Å². The molecule has 0 N–H and O–H groups in total. The van der Waals surface area contributed by atoms with Crippen LogP contribution in [0, 0.1) is 12.7 Å². The summed E-state index contributed by atoms with van der Waals surface area (Å²) in [6.45, 7) is 1.93. The number of aryl methyl sites for hydroxylation is 1. The van der Waals surface area contributed by atoms with Gasteiger partial charge >= 0.3 is 0 Å². The molecule has 1 heterocycles. The first kappa shape index (κ1) is 13.5. The van der Waals surface area contributed by atoms with E-state index in [2.05, 4.69) is 4.98 Å². The molecule has 0 aliphatic rings. The highest BCUT2D eigenvalue weighted by Gasteiger charge is 2.16. The van der Waals surface area contributed by atoms with Crippen molar-refractivity contribution in [2.45, 2.75) is 18.7 Å². The number of thiazole rings is 1. The second-order valence-electron chi connectivity index (χ2n) is 4.77. The Morgan fingerprint density at radius 3 is 2.85 bits per heavy atom. The summed E-state index contributed by atoms with van der Waals surface area (Å²) in [5.74, 6) is -0.253. The maximum Gasteiger partial charge on any atom is 0.127 e. The summed E-state index contributed by atoms with van der Waals surface area (Å²) in [5.41, 5.74) is 2.53. The second kappa shape index (κ2) is 5.51. The third-order valence-electron chi connectivity index (χ3n) is 3.18. The van der Waals surface area contributed by atoms with Gasteiger partial charge < -0.3 is 0 Å². The van der Waals surface area contributed by atoms with Crippen molar-refractivity contribution in [1.82, 2.24) is 4.98 Å². The number of aromatic nitrogens is 1. The molecule has 0 saturated heterocycles. The SMILES string of the molecule is Cc1ccc(F)c(C(Cl)Cc2nc3ccccc3s2)c1. The van der Waals surface area contributed by atoms with Crippen LogP contribution in [-0.2, 0) is 6.42 Å². The minimum Gasteiger partial charge on any atom is -0.241 e. The van der Waals surface area contributed by atoms with Gasteiger partial charge in [-0.25, -0.2) is 9.37 Å². The van der Waals surface area contributed by atoms with Gasteiger partial charge in [-0.3, -0.25) is 0 Å². The van der Waals surface area contributed by atoms with Crippen LogP contribution >= 0.6 is 22.9 Å². The summed E-state index contributed by atoms with van der Waals surface area (Å²) in [6, 6.07) is 13.0. The molecule has 4 heteroatoms. The van der Waals surface area contributed by atoms with E-state index in [1.165, 1.54) is 6.07 Å². The average molecular weight is 306 g/mol. The first-order valence-electron chi connectivity index (χ1n) is 6.38. The zero-order valence-electron chi connectivity index (χ0n) is 10.9. The lowest BCUT2D eigenvalue weighted by atomic mass is 10.1. The van der Waals surface area contributed by atoms with Gasteiger partial charge in [0.1, 0.15) is 5.82 Å². The Bertz CT molecular complexity index is 720. The van der Waals surface area contributed by atoms with Crippen molar-refractivity contribution in [2.24, 2.45) is 0 Å². The number of fused-ring (bicyclic) bond motifs is 1. The van der Waals surface area contributed by atoms with Crippen LogP contribution < -0.4 is 0 Å². The van der Waals surface area contributed by atoms with Gasteiger partial charge in [0.15, 0.2) is 0 Å². The summed E-state index contributed by atoms with van der Waals surface area (Å²) in [5, 5.41) is 0.544. The van der Waals surface area contributed by atoms with Crippen LogP contribution in [0.25, 0.3) is 10.2 Å². The standard InChI is InChI=1S/C16H13ClFNS/c1-10-6-7-13(18)11(8-10)12(17)9-16-19-14-4-2-3-5-15(14)20-16/h2-8,12H,9H2,1H3. The predicted molar refractivity (Wildman–Crippen MR) is 83.1 cm³/mol. The van der Waals surface area contributed by atoms with Gasteiger partial charge in [-0.1, -0.05) is 29.8 Å². The summed E-state index contributed by atoms with van der Waals surface area (Å²) in [7, 11) is 0. The predicted octanol–water partition coefficient (Wildman–Crippen LogP) is 5.27. The van der Waals surface area contributed by atoms with Crippen molar-refractivity contribution in [3.8, 4) is 0 Å². The monoisotopic (exact) mass is 305 g/mol. The molecule has 0 aliphatic carbocycles. The molecule has 0 aliphatic heterocycles. The Labute approximate surface area is 126 Å². The average Bonchev–Trinajstić information content (AvgIpc) is 2.83. The van der Waals surface area contributed by atoms with Gasteiger partial charge in [0, 0.05) is 12.0 Å². The third-order valence-corrected chi connectivity index (χ3v) is 4.63. The van der Waals surface area contributed by atoms with Gasteiger partial charge in [-0.05, 0) is 25.1 Å². The molecule has 0 amide bonds. The Hall–Kier alpha value is -1.45. The third kappa shape index (κ3) is 2.69. The number of hydrogen-bond donors (Lipinski definition) is 0. The number of para-hydroxylation sites is 1. The first-order chi connectivity index (χ1) is 9.63. The topological polar surface area (TPSA) is 12.9 Å². The zero-order chi connectivity index (χ0) is 14.1. The van der Waals surface area contributed by atoms with E-state index < -0.39 is 5.38 Å². The first-order valence-corrected chi connectivity index (χ1v) is 7.63. The quantitative estimate of drug-likeness (QED) is 0.601. The van der Waals surface area contributed by atoms with Crippen molar-refractivity contribution < 1.29 is 4.39 Å². The molecule has 0 fully saturated rings. The van der Waals surface area contributed by atoms with E-state index in [9.17, 15) is 4.39 Å². The van der Waals surface area contributed by atoms with E-state index in [0.717, 1.165) is 20.8 Å². The second-order valence-corrected chi connectivity index (χ2v) is 6.41. The fourth-order valence-electron chi connectivity index (χ4n) is 2.17. The highest BCUT2D eigenvalue weighted by atomic mass is 35.5. The molecule has 1 aromatic heterocycles. The van der Waals surface area contributed by atoms with E-state index >= 15 is 0 Å². The van der Waals surface area contributed by atoms with Crippen molar-refractivity contribution >= 4 is 33.2 Å². The molecule has 0 spiro atoms. The largest absolute Gasteiger partial charge is 0.241 e. The molecule has 0 radical (unpaired) electrons. The summed E-state index contributed by atoms with van der Waals surface area (Å²) in [6.07, 6.45) is 0.543. The molecule has 3 aromatic rings. The van der Waals surface area contributed by atoms with Gasteiger partial charge in [0.2, 0.25) is 0 Å². The minimum atomic E-state index is -0.393. The van der Waals surface area contributed by atoms with E-state index in [4.69, 9.17) is 11.6 Å². The molecule has 20 heavy (non-hydrogen) atoms. The lowest BCUT2D eigenvalue weighted by molar-refractivity contribution is 0.605. The number of halogens is 2. The molecule has 3 rings (SSSR count). The Morgan fingerprint density at radius 1 is 1.25 bits per heavy atom. The van der Waals surface area contributed by atoms with Crippen LogP contribution in [0.3, 0.4) is 0 Å². The van der Waals surface area contributed by atoms with Crippen LogP contribution in [0.5, 0.6) is 0 Å². The number of benzene rings is 2.